The van der Waals surface area contributed by atoms with Crippen molar-refractivity contribution in [2.75, 3.05) is 25.0 Å². The van der Waals surface area contributed by atoms with Gasteiger partial charge in [-0.2, -0.15) is 9.61 Å². The van der Waals surface area contributed by atoms with Crippen LogP contribution in [0.4, 0.5) is 11.5 Å². The number of nitrogens with zero attached hydrogens (tertiary/aromatic N) is 5. The second-order valence-electron chi connectivity index (χ2n) is 8.77. The normalized spacial score (nSPS) is 14.1. The molecule has 0 bridgehead atoms. The molecule has 1 aliphatic rings. The first-order valence-corrected chi connectivity index (χ1v) is 12.1. The number of anilines is 2. The molecule has 3 aromatic heterocycles. The number of benzene rings is 1. The number of carbonyl (C=O) groups excluding carboxylic acids is 2. The van der Waals surface area contributed by atoms with Gasteiger partial charge in [0.1, 0.15) is 16.9 Å². The zero-order chi connectivity index (χ0) is 25.1. The first-order chi connectivity index (χ1) is 17.6. The molecule has 1 aliphatic heterocycles. The van der Waals surface area contributed by atoms with E-state index in [0.717, 1.165) is 24.2 Å². The van der Waals surface area contributed by atoms with Crippen molar-refractivity contribution >= 4 is 29.0 Å². The predicted molar refractivity (Wildman–Crippen MR) is 136 cm³/mol. The Morgan fingerprint density at radius 2 is 1.81 bits per heavy atom. The fraction of sp³-hybridized carbons (Fsp3) is 0.296. The number of hydrogen-bond acceptors (Lipinski definition) is 7. The van der Waals surface area contributed by atoms with E-state index in [1.54, 1.807) is 13.1 Å². The molecule has 1 N–H and O–H groups in total. The van der Waals surface area contributed by atoms with E-state index in [-0.39, 0.29) is 18.1 Å². The number of pyridine rings is 1. The van der Waals surface area contributed by atoms with Crippen LogP contribution in [0.3, 0.4) is 0 Å². The fourth-order valence-electron chi connectivity index (χ4n) is 4.62. The zero-order valence-electron chi connectivity index (χ0n) is 20.3. The number of rotatable bonds is 6. The molecule has 36 heavy (non-hydrogen) atoms. The van der Waals surface area contributed by atoms with E-state index in [4.69, 9.17) is 4.74 Å². The van der Waals surface area contributed by atoms with Crippen LogP contribution in [-0.2, 0) is 4.74 Å². The first kappa shape index (κ1) is 23.5. The highest BCUT2D eigenvalue weighted by atomic mass is 16.5. The van der Waals surface area contributed by atoms with Gasteiger partial charge >= 0.3 is 5.97 Å². The maximum absolute atomic E-state index is 13.7. The lowest BCUT2D eigenvalue weighted by Crippen LogP contribution is -2.38. The topological polar surface area (TPSA) is 102 Å². The van der Waals surface area contributed by atoms with Gasteiger partial charge in [0.2, 0.25) is 0 Å². The number of carbonyl (C=O) groups is 2. The highest BCUT2D eigenvalue weighted by molar-refractivity contribution is 6.01. The minimum atomic E-state index is -0.509. The Kier molecular flexibility index (Phi) is 6.62. The Bertz CT molecular complexity index is 1390. The van der Waals surface area contributed by atoms with Crippen molar-refractivity contribution in [1.82, 2.24) is 24.5 Å². The average molecular weight is 485 g/mol. The van der Waals surface area contributed by atoms with Gasteiger partial charge in [0.15, 0.2) is 5.65 Å². The lowest BCUT2D eigenvalue weighted by molar-refractivity contribution is 0.0528. The van der Waals surface area contributed by atoms with Crippen LogP contribution in [0.1, 0.15) is 57.7 Å². The van der Waals surface area contributed by atoms with E-state index >= 15 is 0 Å². The quantitative estimate of drug-likeness (QED) is 0.406. The van der Waals surface area contributed by atoms with Crippen molar-refractivity contribution in [2.45, 2.75) is 32.6 Å². The van der Waals surface area contributed by atoms with E-state index in [9.17, 15) is 9.59 Å². The van der Waals surface area contributed by atoms with E-state index in [1.165, 1.54) is 22.5 Å². The summed E-state index contributed by atoms with van der Waals surface area (Å²) in [5.74, 6) is 0.227. The molecule has 0 unspecified atom stereocenters. The zero-order valence-corrected chi connectivity index (χ0v) is 20.3. The molecule has 0 atom stereocenters. The summed E-state index contributed by atoms with van der Waals surface area (Å²) in [7, 11) is 0. The minimum Gasteiger partial charge on any atom is -0.462 e. The molecule has 0 aliphatic carbocycles. The van der Waals surface area contributed by atoms with Crippen LogP contribution in [-0.4, -0.2) is 56.1 Å². The van der Waals surface area contributed by atoms with Crippen LogP contribution in [0.25, 0.3) is 5.65 Å². The number of nitrogens with one attached hydrogen (secondary N) is 1. The van der Waals surface area contributed by atoms with Gasteiger partial charge in [0.25, 0.3) is 5.91 Å². The Morgan fingerprint density at radius 3 is 2.53 bits per heavy atom. The summed E-state index contributed by atoms with van der Waals surface area (Å²) in [6, 6.07) is 14.1. The molecule has 9 nitrogen and oxygen atoms in total. The van der Waals surface area contributed by atoms with Crippen LogP contribution in [0.5, 0.6) is 0 Å². The van der Waals surface area contributed by atoms with E-state index in [0.29, 0.717) is 36.0 Å². The Morgan fingerprint density at radius 1 is 1.03 bits per heavy atom. The minimum absolute atomic E-state index is 0.131. The van der Waals surface area contributed by atoms with Gasteiger partial charge in [-0.3, -0.25) is 9.78 Å². The molecule has 4 aromatic rings. The number of hydrogen-bond donors (Lipinski definition) is 1. The molecule has 9 heteroatoms. The second kappa shape index (κ2) is 10.2. The average Bonchev–Trinajstić information content (AvgIpc) is 3.35. The second-order valence-corrected chi connectivity index (χ2v) is 8.77. The van der Waals surface area contributed by atoms with E-state index in [1.807, 2.05) is 30.0 Å². The molecule has 0 radical (unpaired) electrons. The molecular weight excluding hydrogens is 456 g/mol. The lowest BCUT2D eigenvalue weighted by atomic mass is 9.89. The largest absolute Gasteiger partial charge is 0.462 e. The van der Waals surface area contributed by atoms with Crippen LogP contribution in [0.2, 0.25) is 0 Å². The number of piperidine rings is 1. The van der Waals surface area contributed by atoms with Crippen LogP contribution >= 0.6 is 0 Å². The highest BCUT2D eigenvalue weighted by Crippen LogP contribution is 2.30. The van der Waals surface area contributed by atoms with E-state index in [2.05, 4.69) is 44.6 Å². The van der Waals surface area contributed by atoms with Crippen molar-refractivity contribution in [3.8, 4) is 0 Å². The Hall–Kier alpha value is -4.27. The van der Waals surface area contributed by atoms with Gasteiger partial charge in [-0.25, -0.2) is 9.78 Å². The van der Waals surface area contributed by atoms with Crippen molar-refractivity contribution in [1.29, 1.82) is 0 Å². The summed E-state index contributed by atoms with van der Waals surface area (Å²) in [6.45, 7) is 5.16. The summed E-state index contributed by atoms with van der Waals surface area (Å²) in [5, 5.41) is 7.71. The van der Waals surface area contributed by atoms with Crippen molar-refractivity contribution < 1.29 is 14.3 Å². The van der Waals surface area contributed by atoms with Crippen LogP contribution in [0, 0.1) is 6.92 Å². The standard InChI is InChI=1S/C27H28N6O3/c1-3-36-27(35)22-17-30-33-24(22)29-16-21(25(33)31-23-10-7-13-28-18(23)2)26(34)32-14-11-20(12-15-32)19-8-5-4-6-9-19/h4-10,13,16-17,20,31H,3,11-12,14-15H2,1-2H3. The summed E-state index contributed by atoms with van der Waals surface area (Å²) in [4.78, 5) is 36.8. The Labute approximate surface area is 209 Å². The molecule has 1 amide bonds. The third kappa shape index (κ3) is 4.51. The molecule has 4 heterocycles. The van der Waals surface area contributed by atoms with Gasteiger partial charge < -0.3 is 15.0 Å². The molecule has 1 aromatic carbocycles. The number of aromatic nitrogens is 4. The van der Waals surface area contributed by atoms with Crippen LogP contribution in [0.15, 0.2) is 61.1 Å². The van der Waals surface area contributed by atoms with E-state index < -0.39 is 5.97 Å². The molecule has 0 spiro atoms. The van der Waals surface area contributed by atoms with Crippen molar-refractivity contribution in [3.05, 3.63) is 83.4 Å². The van der Waals surface area contributed by atoms with Gasteiger partial charge in [-0.15, -0.1) is 0 Å². The van der Waals surface area contributed by atoms with Gasteiger partial charge in [0, 0.05) is 25.5 Å². The number of esters is 1. The first-order valence-electron chi connectivity index (χ1n) is 12.1. The number of amides is 1. The summed E-state index contributed by atoms with van der Waals surface area (Å²) < 4.78 is 6.64. The number of ether oxygens (including phenoxy) is 1. The number of likely N-dealkylation sites (tertiary alicyclic amines) is 1. The third-order valence-corrected chi connectivity index (χ3v) is 6.57. The highest BCUT2D eigenvalue weighted by Gasteiger charge is 2.28. The summed E-state index contributed by atoms with van der Waals surface area (Å²) in [5.41, 5.74) is 3.74. The number of aryl methyl sites for hydroxylation is 1. The third-order valence-electron chi connectivity index (χ3n) is 6.57. The van der Waals surface area contributed by atoms with Gasteiger partial charge in [-0.05, 0) is 50.3 Å². The monoisotopic (exact) mass is 484 g/mol. The maximum atomic E-state index is 13.7. The predicted octanol–water partition coefficient (Wildman–Crippen LogP) is 4.37. The smallest absolute Gasteiger partial charge is 0.343 e. The molecule has 1 fully saturated rings. The fourth-order valence-corrected chi connectivity index (χ4v) is 4.62. The number of fused-ring (bicyclic) bond motifs is 1. The maximum Gasteiger partial charge on any atom is 0.343 e. The summed E-state index contributed by atoms with van der Waals surface area (Å²) >= 11 is 0. The molecule has 1 saturated heterocycles. The Balaban J connectivity index is 1.48. The molecule has 184 valence electrons. The molecular formula is C27H28N6O3. The molecule has 0 saturated carbocycles. The van der Waals surface area contributed by atoms with Gasteiger partial charge in [0.05, 0.1) is 24.2 Å². The van der Waals surface area contributed by atoms with Crippen molar-refractivity contribution in [3.63, 3.8) is 0 Å². The lowest BCUT2D eigenvalue weighted by Gasteiger charge is -2.32. The SMILES string of the molecule is CCOC(=O)c1cnn2c(Nc3cccnc3C)c(C(=O)N3CCC(c4ccccc4)CC3)cnc12. The van der Waals surface area contributed by atoms with Gasteiger partial charge in [-0.1, -0.05) is 30.3 Å². The molecule has 5 rings (SSSR count). The summed E-state index contributed by atoms with van der Waals surface area (Å²) in [6.07, 6.45) is 6.42. The van der Waals surface area contributed by atoms with Crippen molar-refractivity contribution in [2.24, 2.45) is 0 Å². The van der Waals surface area contributed by atoms with Crippen LogP contribution < -0.4 is 5.32 Å².